The second-order valence-electron chi connectivity index (χ2n) is 1.62. The van der Waals surface area contributed by atoms with Crippen molar-refractivity contribution in [1.82, 2.24) is 4.90 Å². The first-order valence-corrected chi connectivity index (χ1v) is 4.31. The molecule has 0 aromatic heterocycles. The molecule has 0 N–H and O–H groups in total. The van der Waals surface area contributed by atoms with Crippen LogP contribution in [0.5, 0.6) is 0 Å². The molecule has 0 saturated carbocycles. The van der Waals surface area contributed by atoms with Crippen molar-refractivity contribution in [3.05, 3.63) is 22.0 Å². The van der Waals surface area contributed by atoms with Gasteiger partial charge >= 0.3 is 0 Å². The largest absolute Gasteiger partial charge is 0.332 e. The molecule has 0 saturated heterocycles. The van der Waals surface area contributed by atoms with E-state index in [0.29, 0.717) is 0 Å². The summed E-state index contributed by atoms with van der Waals surface area (Å²) in [5.41, 5.74) is 0. The fourth-order valence-electron chi connectivity index (χ4n) is 0.706. The molecule has 3 heteroatoms. The molecule has 0 amide bonds. The summed E-state index contributed by atoms with van der Waals surface area (Å²) in [5.74, 6) is 1.11. The maximum absolute atomic E-state index is 2.25. The lowest BCUT2D eigenvalue weighted by molar-refractivity contribution is 0.607. The minimum atomic E-state index is 1.11. The molecule has 8 heavy (non-hydrogen) atoms. The van der Waals surface area contributed by atoms with Crippen LogP contribution in [0.25, 0.3) is 0 Å². The van der Waals surface area contributed by atoms with Gasteiger partial charge in [0.15, 0.2) is 0 Å². The molecule has 0 fully saturated rings. The average molecular weight is 143 g/mol. The SMILES string of the molecule is C1=CN2CSC=C2S1. The van der Waals surface area contributed by atoms with E-state index in [4.69, 9.17) is 0 Å². The fourth-order valence-corrected chi connectivity index (χ4v) is 2.56. The van der Waals surface area contributed by atoms with Gasteiger partial charge in [-0.25, -0.2) is 0 Å². The number of fused-ring (bicyclic) bond motifs is 1. The highest BCUT2D eigenvalue weighted by atomic mass is 32.2. The van der Waals surface area contributed by atoms with Gasteiger partial charge in [-0.2, -0.15) is 0 Å². The molecule has 2 heterocycles. The van der Waals surface area contributed by atoms with Crippen LogP contribution in [-0.2, 0) is 0 Å². The first-order valence-electron chi connectivity index (χ1n) is 2.38. The normalized spacial score (nSPS) is 24.0. The van der Waals surface area contributed by atoms with E-state index >= 15 is 0 Å². The highest BCUT2D eigenvalue weighted by Gasteiger charge is 2.15. The molecular formula is C5H5NS2. The zero-order valence-corrected chi connectivity index (χ0v) is 5.84. The first-order chi connectivity index (χ1) is 3.97. The average Bonchev–Trinajstić information content (AvgIpc) is 2.15. The minimum Gasteiger partial charge on any atom is -0.332 e. The Labute approximate surface area is 56.8 Å². The predicted octanol–water partition coefficient (Wildman–Crippen LogP) is 2.01. The summed E-state index contributed by atoms with van der Waals surface area (Å²) in [7, 11) is 0. The zero-order chi connectivity index (χ0) is 5.40. The van der Waals surface area contributed by atoms with Gasteiger partial charge in [0.1, 0.15) is 0 Å². The molecule has 1 nitrogen and oxygen atoms in total. The third-order valence-corrected chi connectivity index (χ3v) is 2.93. The molecule has 0 aromatic rings. The molecule has 2 aliphatic heterocycles. The van der Waals surface area contributed by atoms with Crippen molar-refractivity contribution in [3.63, 3.8) is 0 Å². The Morgan fingerprint density at radius 3 is 3.50 bits per heavy atom. The van der Waals surface area contributed by atoms with Crippen molar-refractivity contribution in [1.29, 1.82) is 0 Å². The van der Waals surface area contributed by atoms with E-state index in [1.54, 1.807) is 11.8 Å². The van der Waals surface area contributed by atoms with E-state index in [1.165, 1.54) is 5.03 Å². The van der Waals surface area contributed by atoms with Crippen molar-refractivity contribution in [2.24, 2.45) is 0 Å². The minimum absolute atomic E-state index is 1.11. The van der Waals surface area contributed by atoms with Gasteiger partial charge in [0.05, 0.1) is 10.9 Å². The summed E-state index contributed by atoms with van der Waals surface area (Å²) in [6.45, 7) is 0. The van der Waals surface area contributed by atoms with Gasteiger partial charge in [0.2, 0.25) is 0 Å². The Bertz CT molecular complexity index is 162. The third-order valence-electron chi connectivity index (χ3n) is 1.11. The maximum Gasteiger partial charge on any atom is 0.0863 e. The van der Waals surface area contributed by atoms with Gasteiger partial charge in [-0.15, -0.1) is 11.8 Å². The molecule has 2 rings (SSSR count). The lowest BCUT2D eigenvalue weighted by Crippen LogP contribution is -2.03. The Balaban J connectivity index is 2.28. The van der Waals surface area contributed by atoms with Gasteiger partial charge in [0.25, 0.3) is 0 Å². The van der Waals surface area contributed by atoms with Gasteiger partial charge in [0, 0.05) is 11.6 Å². The van der Waals surface area contributed by atoms with E-state index in [9.17, 15) is 0 Å². The van der Waals surface area contributed by atoms with Crippen LogP contribution in [-0.4, -0.2) is 10.8 Å². The second-order valence-corrected chi connectivity index (χ2v) is 3.38. The second kappa shape index (κ2) is 1.74. The van der Waals surface area contributed by atoms with Crippen LogP contribution in [0.3, 0.4) is 0 Å². The topological polar surface area (TPSA) is 3.24 Å². The first kappa shape index (κ1) is 4.82. The smallest absolute Gasteiger partial charge is 0.0863 e. The van der Waals surface area contributed by atoms with Crippen LogP contribution in [0.2, 0.25) is 0 Å². The molecule has 0 radical (unpaired) electrons. The number of rotatable bonds is 0. The van der Waals surface area contributed by atoms with Gasteiger partial charge in [-0.3, -0.25) is 0 Å². The number of hydrogen-bond donors (Lipinski definition) is 0. The fraction of sp³-hybridized carbons (Fsp3) is 0.200. The summed E-state index contributed by atoms with van der Waals surface area (Å²) in [4.78, 5) is 2.25. The van der Waals surface area contributed by atoms with Crippen molar-refractivity contribution in [3.8, 4) is 0 Å². The highest BCUT2D eigenvalue weighted by molar-refractivity contribution is 8.08. The molecule has 0 unspecified atom stereocenters. The highest BCUT2D eigenvalue weighted by Crippen LogP contribution is 2.36. The Hall–Kier alpha value is -0.0200. The van der Waals surface area contributed by atoms with Gasteiger partial charge in [-0.05, 0) is 5.41 Å². The molecule has 42 valence electrons. The van der Waals surface area contributed by atoms with Crippen molar-refractivity contribution < 1.29 is 0 Å². The maximum atomic E-state index is 2.25. The van der Waals surface area contributed by atoms with Crippen molar-refractivity contribution in [2.75, 3.05) is 5.88 Å². The van der Waals surface area contributed by atoms with E-state index in [-0.39, 0.29) is 0 Å². The standard InChI is InChI=1S/C5H5NS2/c1-2-8-5-3-7-4-6(1)5/h1-3H,4H2. The molecule has 0 aliphatic carbocycles. The number of thioether (sulfide) groups is 2. The van der Waals surface area contributed by atoms with Crippen LogP contribution >= 0.6 is 23.5 Å². The van der Waals surface area contributed by atoms with Crippen molar-refractivity contribution >= 4 is 23.5 Å². The summed E-state index contributed by atoms with van der Waals surface area (Å²) in [6, 6.07) is 0. The van der Waals surface area contributed by atoms with E-state index in [0.717, 1.165) is 5.88 Å². The van der Waals surface area contributed by atoms with Crippen LogP contribution in [0, 0.1) is 0 Å². The summed E-state index contributed by atoms with van der Waals surface area (Å²) in [6.07, 6.45) is 2.12. The molecule has 0 bridgehead atoms. The summed E-state index contributed by atoms with van der Waals surface area (Å²) < 4.78 is 0. The molecular weight excluding hydrogens is 138 g/mol. The summed E-state index contributed by atoms with van der Waals surface area (Å²) in [5, 5.41) is 5.70. The lowest BCUT2D eigenvalue weighted by atomic mass is 10.8. The number of nitrogens with zero attached hydrogens (tertiary/aromatic N) is 1. The van der Waals surface area contributed by atoms with Gasteiger partial charge < -0.3 is 4.90 Å². The Morgan fingerprint density at radius 2 is 2.62 bits per heavy atom. The molecule has 2 aliphatic rings. The van der Waals surface area contributed by atoms with Crippen LogP contribution in [0.15, 0.2) is 22.0 Å². The number of hydrogen-bond acceptors (Lipinski definition) is 3. The quantitative estimate of drug-likeness (QED) is 0.510. The van der Waals surface area contributed by atoms with Crippen LogP contribution < -0.4 is 0 Å². The van der Waals surface area contributed by atoms with E-state index < -0.39 is 0 Å². The van der Waals surface area contributed by atoms with Crippen molar-refractivity contribution in [2.45, 2.75) is 0 Å². The molecule has 0 aromatic carbocycles. The molecule has 0 spiro atoms. The monoisotopic (exact) mass is 143 g/mol. The van der Waals surface area contributed by atoms with E-state index in [1.807, 2.05) is 11.8 Å². The van der Waals surface area contributed by atoms with Crippen LogP contribution in [0.4, 0.5) is 0 Å². The lowest BCUT2D eigenvalue weighted by Gasteiger charge is -2.06. The van der Waals surface area contributed by atoms with E-state index in [2.05, 4.69) is 21.9 Å². The Kier molecular flexibility index (Phi) is 1.05. The summed E-state index contributed by atoms with van der Waals surface area (Å²) >= 11 is 3.66. The van der Waals surface area contributed by atoms with Crippen LogP contribution in [0.1, 0.15) is 0 Å². The van der Waals surface area contributed by atoms with Gasteiger partial charge in [-0.1, -0.05) is 11.8 Å². The third kappa shape index (κ3) is 0.581. The molecule has 0 atom stereocenters. The zero-order valence-electron chi connectivity index (χ0n) is 4.20. The Morgan fingerprint density at radius 1 is 1.62 bits per heavy atom. The predicted molar refractivity (Wildman–Crippen MR) is 39.1 cm³/mol.